The van der Waals surface area contributed by atoms with Crippen molar-refractivity contribution in [1.82, 2.24) is 15.6 Å². The Morgan fingerprint density at radius 3 is 2.38 bits per heavy atom. The number of oxazole rings is 1. The summed E-state index contributed by atoms with van der Waals surface area (Å²) in [5.41, 5.74) is -0.300. The highest BCUT2D eigenvalue weighted by Gasteiger charge is 2.29. The minimum absolute atomic E-state index is 0.119. The lowest BCUT2D eigenvalue weighted by Crippen LogP contribution is -2.37. The molecule has 2 N–H and O–H groups in total. The highest BCUT2D eigenvalue weighted by molar-refractivity contribution is 5.79. The molecule has 0 aliphatic heterocycles. The van der Waals surface area contributed by atoms with Gasteiger partial charge in [-0.2, -0.15) is 13.2 Å². The third-order valence-electron chi connectivity index (χ3n) is 3.80. The van der Waals surface area contributed by atoms with Gasteiger partial charge < -0.3 is 15.1 Å². The fourth-order valence-electron chi connectivity index (χ4n) is 2.24. The molecule has 5 nitrogen and oxygen atoms in total. The molecule has 0 spiro atoms. The van der Waals surface area contributed by atoms with Crippen LogP contribution in [0.1, 0.15) is 50.5 Å². The van der Waals surface area contributed by atoms with E-state index in [0.717, 1.165) is 17.9 Å². The minimum atomic E-state index is -4.35. The topological polar surface area (TPSA) is 62.5 Å². The number of aliphatic imine (C=N–C) groups is 1. The Hall–Kier alpha value is -2.95. The maximum Gasteiger partial charge on any atom is 0.416 e. The Balaban J connectivity index is 1.93. The van der Waals surface area contributed by atoms with E-state index in [1.54, 1.807) is 6.20 Å². The van der Waals surface area contributed by atoms with Crippen LogP contribution < -0.4 is 10.6 Å². The first-order valence-corrected chi connectivity index (χ1v) is 9.23. The molecule has 8 heteroatoms. The number of rotatable bonds is 4. The van der Waals surface area contributed by atoms with Crippen molar-refractivity contribution in [2.24, 2.45) is 4.99 Å². The van der Waals surface area contributed by atoms with Crippen LogP contribution in [0.5, 0.6) is 0 Å². The summed E-state index contributed by atoms with van der Waals surface area (Å²) in [6.45, 7) is 9.29. The Bertz CT molecular complexity index is 882. The molecular weight excluding hydrogens is 381 g/mol. The average Bonchev–Trinajstić information content (AvgIpc) is 3.12. The maximum absolute atomic E-state index is 12.6. The summed E-state index contributed by atoms with van der Waals surface area (Å²) in [4.78, 5) is 8.65. The largest absolute Gasteiger partial charge is 0.443 e. The smallest absolute Gasteiger partial charge is 0.416 e. The van der Waals surface area contributed by atoms with Crippen LogP contribution in [0.4, 0.5) is 13.2 Å². The lowest BCUT2D eigenvalue weighted by atomic mass is 9.94. The number of halogens is 3. The van der Waals surface area contributed by atoms with Gasteiger partial charge in [-0.3, -0.25) is 0 Å². The lowest BCUT2D eigenvalue weighted by Gasteiger charge is -2.13. The molecule has 2 rings (SSSR count). The van der Waals surface area contributed by atoms with Crippen molar-refractivity contribution in [3.8, 4) is 11.8 Å². The van der Waals surface area contributed by atoms with Gasteiger partial charge in [-0.1, -0.05) is 32.6 Å². The predicted molar refractivity (Wildman–Crippen MR) is 106 cm³/mol. The third-order valence-corrected chi connectivity index (χ3v) is 3.80. The normalized spacial score (nSPS) is 12.3. The van der Waals surface area contributed by atoms with Crippen LogP contribution in [0.25, 0.3) is 0 Å². The van der Waals surface area contributed by atoms with Crippen LogP contribution in [-0.4, -0.2) is 24.0 Å². The lowest BCUT2D eigenvalue weighted by molar-refractivity contribution is -0.137. The fourth-order valence-corrected chi connectivity index (χ4v) is 2.24. The van der Waals surface area contributed by atoms with Gasteiger partial charge >= 0.3 is 6.18 Å². The molecule has 0 unspecified atom stereocenters. The van der Waals surface area contributed by atoms with Crippen molar-refractivity contribution in [2.75, 3.05) is 13.1 Å². The Morgan fingerprint density at radius 1 is 1.14 bits per heavy atom. The molecule has 0 saturated carbocycles. The molecule has 2 aromatic rings. The van der Waals surface area contributed by atoms with Crippen molar-refractivity contribution in [2.45, 2.75) is 45.8 Å². The van der Waals surface area contributed by atoms with Crippen molar-refractivity contribution in [3.05, 3.63) is 53.2 Å². The molecule has 0 saturated heterocycles. The summed E-state index contributed by atoms with van der Waals surface area (Å²) in [7, 11) is 0. The van der Waals surface area contributed by atoms with Gasteiger partial charge in [0.05, 0.1) is 18.3 Å². The van der Waals surface area contributed by atoms with Crippen LogP contribution in [0.2, 0.25) is 0 Å². The van der Waals surface area contributed by atoms with Crippen molar-refractivity contribution < 1.29 is 17.6 Å². The second kappa shape index (κ2) is 9.50. The van der Waals surface area contributed by atoms with Gasteiger partial charge in [0.15, 0.2) is 5.96 Å². The summed E-state index contributed by atoms with van der Waals surface area (Å²) >= 11 is 0. The first kappa shape index (κ1) is 22.3. The molecule has 156 valence electrons. The van der Waals surface area contributed by atoms with Gasteiger partial charge in [-0.25, -0.2) is 9.98 Å². The highest BCUT2D eigenvalue weighted by Crippen LogP contribution is 2.28. The average molecular weight is 406 g/mol. The second-order valence-corrected chi connectivity index (χ2v) is 7.29. The second-order valence-electron chi connectivity index (χ2n) is 7.29. The standard InChI is InChI=1S/C21H25F3N4O/c1-5-25-19(28-14-18-27-13-17(29-18)20(2,3)4)26-12-6-7-15-8-10-16(11-9-15)21(22,23)24/h8-11,13H,5,12,14H2,1-4H3,(H2,25,26,28). The summed E-state index contributed by atoms with van der Waals surface area (Å²) < 4.78 is 43.4. The monoisotopic (exact) mass is 406 g/mol. The molecule has 1 aromatic heterocycles. The fraction of sp³-hybridized carbons (Fsp3) is 0.429. The van der Waals surface area contributed by atoms with E-state index in [2.05, 4.69) is 32.5 Å². The van der Waals surface area contributed by atoms with E-state index in [1.165, 1.54) is 12.1 Å². The van der Waals surface area contributed by atoms with Crippen LogP contribution >= 0.6 is 0 Å². The Labute approximate surface area is 168 Å². The van der Waals surface area contributed by atoms with E-state index in [4.69, 9.17) is 4.42 Å². The molecular formula is C21H25F3N4O. The number of nitrogens with one attached hydrogen (secondary N) is 2. The van der Waals surface area contributed by atoms with Crippen LogP contribution in [0.3, 0.4) is 0 Å². The van der Waals surface area contributed by atoms with E-state index in [-0.39, 0.29) is 18.5 Å². The Kier molecular flexibility index (Phi) is 7.32. The number of hydrogen-bond donors (Lipinski definition) is 2. The van der Waals surface area contributed by atoms with Crippen LogP contribution in [0, 0.1) is 11.8 Å². The van der Waals surface area contributed by atoms with Gasteiger partial charge in [-0.15, -0.1) is 0 Å². The Morgan fingerprint density at radius 2 is 1.83 bits per heavy atom. The van der Waals surface area contributed by atoms with Gasteiger partial charge in [0.2, 0.25) is 5.89 Å². The number of aromatic nitrogens is 1. The van der Waals surface area contributed by atoms with E-state index in [9.17, 15) is 13.2 Å². The first-order valence-electron chi connectivity index (χ1n) is 9.23. The summed E-state index contributed by atoms with van der Waals surface area (Å²) in [5, 5.41) is 6.14. The van der Waals surface area contributed by atoms with E-state index < -0.39 is 11.7 Å². The van der Waals surface area contributed by atoms with E-state index in [0.29, 0.717) is 24.0 Å². The van der Waals surface area contributed by atoms with Gasteiger partial charge in [0, 0.05) is 17.5 Å². The molecule has 29 heavy (non-hydrogen) atoms. The van der Waals surface area contributed by atoms with E-state index in [1.807, 2.05) is 27.7 Å². The SMILES string of the molecule is CCNC(=NCc1ncc(C(C)(C)C)o1)NCC#Cc1ccc(C(F)(F)F)cc1. The number of nitrogens with zero attached hydrogens (tertiary/aromatic N) is 2. The molecule has 0 amide bonds. The van der Waals surface area contributed by atoms with Crippen molar-refractivity contribution in [1.29, 1.82) is 0 Å². The zero-order valence-electron chi connectivity index (χ0n) is 16.9. The summed E-state index contributed by atoms with van der Waals surface area (Å²) in [5.74, 6) is 7.55. The van der Waals surface area contributed by atoms with Crippen LogP contribution in [-0.2, 0) is 18.1 Å². The van der Waals surface area contributed by atoms with Gasteiger partial charge in [0.25, 0.3) is 0 Å². The summed E-state index contributed by atoms with van der Waals surface area (Å²) in [6, 6.07) is 4.74. The molecule has 0 fully saturated rings. The van der Waals surface area contributed by atoms with Crippen molar-refractivity contribution >= 4 is 5.96 Å². The molecule has 0 radical (unpaired) electrons. The number of alkyl halides is 3. The molecule has 0 aliphatic carbocycles. The molecule has 0 aliphatic rings. The molecule has 1 aromatic carbocycles. The molecule has 0 bridgehead atoms. The van der Waals surface area contributed by atoms with Crippen LogP contribution in [0.15, 0.2) is 39.9 Å². The van der Waals surface area contributed by atoms with E-state index >= 15 is 0 Å². The zero-order valence-corrected chi connectivity index (χ0v) is 16.9. The predicted octanol–water partition coefficient (Wildman–Crippen LogP) is 4.10. The highest BCUT2D eigenvalue weighted by atomic mass is 19.4. The number of hydrogen-bond acceptors (Lipinski definition) is 3. The van der Waals surface area contributed by atoms with Gasteiger partial charge in [0.1, 0.15) is 12.3 Å². The van der Waals surface area contributed by atoms with Crippen molar-refractivity contribution in [3.63, 3.8) is 0 Å². The zero-order chi connectivity index (χ0) is 21.5. The minimum Gasteiger partial charge on any atom is -0.443 e. The quantitative estimate of drug-likeness (QED) is 0.456. The first-order chi connectivity index (χ1) is 13.6. The third kappa shape index (κ3) is 7.18. The molecule has 1 heterocycles. The number of guanidine groups is 1. The number of benzene rings is 1. The van der Waals surface area contributed by atoms with Gasteiger partial charge in [-0.05, 0) is 31.2 Å². The summed E-state index contributed by atoms with van der Waals surface area (Å²) in [6.07, 6.45) is -2.64. The molecule has 0 atom stereocenters. The maximum atomic E-state index is 12.6.